The molecule has 9 heteroatoms. The average Bonchev–Trinajstić information content (AvgIpc) is 2.55. The number of rotatable bonds is 5. The van der Waals surface area contributed by atoms with Gasteiger partial charge in [-0.3, -0.25) is 4.57 Å². The zero-order valence-corrected chi connectivity index (χ0v) is 15.2. The number of nitrogen functional groups attached to an aromatic ring is 1. The first-order valence-electron chi connectivity index (χ1n) is 7.22. The van der Waals surface area contributed by atoms with E-state index in [4.69, 9.17) is 26.6 Å². The Hall–Kier alpha value is -1.69. The lowest BCUT2D eigenvalue weighted by molar-refractivity contribution is -0.137. The van der Waals surface area contributed by atoms with Crippen molar-refractivity contribution < 1.29 is 27.0 Å². The Morgan fingerprint density at radius 3 is 2.40 bits per heavy atom. The Bertz CT molecular complexity index is 812. The largest absolute Gasteiger partial charge is 0.455 e. The van der Waals surface area contributed by atoms with Crippen molar-refractivity contribution in [3.63, 3.8) is 0 Å². The molecule has 4 nitrogen and oxygen atoms in total. The molecule has 1 atom stereocenters. The number of halogens is 4. The molecule has 0 amide bonds. The molecule has 2 aromatic rings. The predicted octanol–water partition coefficient (Wildman–Crippen LogP) is 5.04. The van der Waals surface area contributed by atoms with Crippen LogP contribution in [0.3, 0.4) is 0 Å². The Morgan fingerprint density at radius 1 is 1.20 bits per heavy atom. The molecule has 0 heterocycles. The van der Waals surface area contributed by atoms with Gasteiger partial charge in [0.25, 0.3) is 0 Å². The summed E-state index contributed by atoms with van der Waals surface area (Å²) in [6.07, 6.45) is -3.95. The SMILES string of the molecule is CCc1cc(N)c([PH](=O)OC)cc1Oc1ccc(C(F)(F)F)cc1Cl. The summed E-state index contributed by atoms with van der Waals surface area (Å²) < 4.78 is 60.6. The van der Waals surface area contributed by atoms with Crippen molar-refractivity contribution in [3.05, 3.63) is 46.5 Å². The lowest BCUT2D eigenvalue weighted by Crippen LogP contribution is -2.08. The molecule has 0 radical (unpaired) electrons. The fourth-order valence-corrected chi connectivity index (χ4v) is 3.18. The van der Waals surface area contributed by atoms with Gasteiger partial charge in [0.2, 0.25) is 8.03 Å². The van der Waals surface area contributed by atoms with Crippen LogP contribution in [-0.4, -0.2) is 7.11 Å². The third kappa shape index (κ3) is 4.48. The summed E-state index contributed by atoms with van der Waals surface area (Å²) >= 11 is 5.91. The fraction of sp³-hybridized carbons (Fsp3) is 0.250. The molecule has 0 bridgehead atoms. The standard InChI is InChI=1S/C16H16ClF3NO3P/c1-3-9-6-12(21)15(25(22)23-2)8-14(9)24-13-5-4-10(7-11(13)17)16(18,19)20/h4-8,25H,3,21H2,1-2H3. The summed E-state index contributed by atoms with van der Waals surface area (Å²) in [6, 6.07) is 5.87. The summed E-state index contributed by atoms with van der Waals surface area (Å²) in [5.41, 5.74) is 6.00. The molecule has 0 aliphatic carbocycles. The molecule has 0 saturated heterocycles. The number of ether oxygens (including phenoxy) is 1. The minimum atomic E-state index is -4.50. The predicted molar refractivity (Wildman–Crippen MR) is 92.4 cm³/mol. The number of anilines is 1. The molecule has 2 N–H and O–H groups in total. The number of nitrogens with two attached hydrogens (primary N) is 1. The minimum Gasteiger partial charge on any atom is -0.455 e. The van der Waals surface area contributed by atoms with E-state index in [1.807, 2.05) is 6.92 Å². The van der Waals surface area contributed by atoms with Crippen molar-refractivity contribution in [2.24, 2.45) is 0 Å². The van der Waals surface area contributed by atoms with Gasteiger partial charge < -0.3 is 15.0 Å². The van der Waals surface area contributed by atoms with Gasteiger partial charge in [-0.15, -0.1) is 0 Å². The monoisotopic (exact) mass is 393 g/mol. The van der Waals surface area contributed by atoms with Crippen molar-refractivity contribution in [3.8, 4) is 11.5 Å². The van der Waals surface area contributed by atoms with E-state index < -0.39 is 19.8 Å². The van der Waals surface area contributed by atoms with Gasteiger partial charge in [0.1, 0.15) is 11.5 Å². The first-order valence-corrected chi connectivity index (χ1v) is 8.92. The van der Waals surface area contributed by atoms with Crippen LogP contribution in [0.15, 0.2) is 30.3 Å². The summed E-state index contributed by atoms with van der Waals surface area (Å²) in [5.74, 6) is 0.362. The van der Waals surface area contributed by atoms with E-state index in [1.165, 1.54) is 13.2 Å². The molecule has 2 aromatic carbocycles. The molecular formula is C16H16ClF3NO3P. The van der Waals surface area contributed by atoms with Crippen LogP contribution in [0.5, 0.6) is 11.5 Å². The number of aryl methyl sites for hydroxylation is 1. The smallest absolute Gasteiger partial charge is 0.416 e. The average molecular weight is 394 g/mol. The van der Waals surface area contributed by atoms with Crippen LogP contribution >= 0.6 is 19.6 Å². The Kier molecular flexibility index (Phi) is 6.03. The number of alkyl halides is 3. The molecule has 0 spiro atoms. The molecule has 0 aliphatic rings. The lowest BCUT2D eigenvalue weighted by atomic mass is 10.1. The lowest BCUT2D eigenvalue weighted by Gasteiger charge is -2.15. The van der Waals surface area contributed by atoms with Crippen molar-refractivity contribution in [1.29, 1.82) is 0 Å². The maximum Gasteiger partial charge on any atom is 0.416 e. The molecule has 2 rings (SSSR count). The van der Waals surface area contributed by atoms with Gasteiger partial charge in [-0.2, -0.15) is 13.2 Å². The van der Waals surface area contributed by atoms with E-state index in [0.29, 0.717) is 23.4 Å². The van der Waals surface area contributed by atoms with Crippen LogP contribution in [0.2, 0.25) is 5.02 Å². The van der Waals surface area contributed by atoms with E-state index in [2.05, 4.69) is 0 Å². The molecule has 0 aromatic heterocycles. The van der Waals surface area contributed by atoms with Gasteiger partial charge in [0.05, 0.1) is 15.9 Å². The highest BCUT2D eigenvalue weighted by Crippen LogP contribution is 2.38. The normalized spacial score (nSPS) is 12.9. The van der Waals surface area contributed by atoms with Crippen molar-refractivity contribution in [2.45, 2.75) is 19.5 Å². The second-order valence-electron chi connectivity index (χ2n) is 5.14. The van der Waals surface area contributed by atoms with Crippen LogP contribution in [0, 0.1) is 0 Å². The molecule has 0 aliphatic heterocycles. The Morgan fingerprint density at radius 2 is 1.88 bits per heavy atom. The van der Waals surface area contributed by atoms with E-state index in [-0.39, 0.29) is 16.1 Å². The first kappa shape index (κ1) is 19.6. The maximum absolute atomic E-state index is 12.7. The summed E-state index contributed by atoms with van der Waals surface area (Å²) in [6.45, 7) is 1.86. The zero-order chi connectivity index (χ0) is 18.8. The summed E-state index contributed by atoms with van der Waals surface area (Å²) in [4.78, 5) is 0. The van der Waals surface area contributed by atoms with Crippen LogP contribution < -0.4 is 15.8 Å². The highest BCUT2D eigenvalue weighted by Gasteiger charge is 2.31. The van der Waals surface area contributed by atoms with E-state index in [0.717, 1.165) is 18.2 Å². The van der Waals surface area contributed by atoms with Crippen molar-refractivity contribution >= 4 is 30.6 Å². The zero-order valence-electron chi connectivity index (χ0n) is 13.4. The van der Waals surface area contributed by atoms with Crippen LogP contribution in [0.4, 0.5) is 18.9 Å². The maximum atomic E-state index is 12.7. The second kappa shape index (κ2) is 7.68. The number of hydrogen-bond donors (Lipinski definition) is 1. The Balaban J connectivity index is 2.44. The summed E-state index contributed by atoms with van der Waals surface area (Å²) in [7, 11) is -1.25. The molecule has 136 valence electrons. The van der Waals surface area contributed by atoms with E-state index in [9.17, 15) is 17.7 Å². The first-order chi connectivity index (χ1) is 11.7. The number of benzene rings is 2. The van der Waals surface area contributed by atoms with Gasteiger partial charge in [0, 0.05) is 12.8 Å². The van der Waals surface area contributed by atoms with E-state index >= 15 is 0 Å². The third-order valence-electron chi connectivity index (χ3n) is 3.50. The third-order valence-corrected chi connectivity index (χ3v) is 5.04. The van der Waals surface area contributed by atoms with Crippen molar-refractivity contribution in [2.75, 3.05) is 12.8 Å². The molecule has 0 fully saturated rings. The van der Waals surface area contributed by atoms with Crippen molar-refractivity contribution in [1.82, 2.24) is 0 Å². The molecular weight excluding hydrogens is 378 g/mol. The van der Waals surface area contributed by atoms with Gasteiger partial charge in [0.15, 0.2) is 0 Å². The number of hydrogen-bond acceptors (Lipinski definition) is 4. The van der Waals surface area contributed by atoms with Crippen LogP contribution in [0.1, 0.15) is 18.1 Å². The molecule has 1 unspecified atom stereocenters. The summed E-state index contributed by atoms with van der Waals surface area (Å²) in [5, 5.41) is 0.0948. The Labute approximate surface area is 148 Å². The van der Waals surface area contributed by atoms with Gasteiger partial charge >= 0.3 is 6.18 Å². The van der Waals surface area contributed by atoms with Crippen LogP contribution in [-0.2, 0) is 21.7 Å². The minimum absolute atomic E-state index is 0.0529. The van der Waals surface area contributed by atoms with Gasteiger partial charge in [-0.1, -0.05) is 18.5 Å². The van der Waals surface area contributed by atoms with Gasteiger partial charge in [-0.05, 0) is 42.3 Å². The fourth-order valence-electron chi connectivity index (χ4n) is 2.18. The quantitative estimate of drug-likeness (QED) is 0.571. The highest BCUT2D eigenvalue weighted by atomic mass is 35.5. The highest BCUT2D eigenvalue weighted by molar-refractivity contribution is 7.48. The van der Waals surface area contributed by atoms with Crippen LogP contribution in [0.25, 0.3) is 0 Å². The molecule has 25 heavy (non-hydrogen) atoms. The van der Waals surface area contributed by atoms with Gasteiger partial charge in [-0.25, -0.2) is 0 Å². The second-order valence-corrected chi connectivity index (χ2v) is 7.07. The molecule has 0 saturated carbocycles. The topological polar surface area (TPSA) is 61.6 Å². The van der Waals surface area contributed by atoms with E-state index in [1.54, 1.807) is 6.07 Å².